The Hall–Kier alpha value is -2.34. The number of aromatic nitrogens is 3. The van der Waals surface area contributed by atoms with E-state index in [0.717, 1.165) is 23.4 Å². The zero-order valence-electron chi connectivity index (χ0n) is 10.8. The van der Waals surface area contributed by atoms with Crippen LogP contribution in [-0.4, -0.2) is 32.6 Å². The van der Waals surface area contributed by atoms with Gasteiger partial charge in [0, 0.05) is 30.9 Å². The summed E-state index contributed by atoms with van der Waals surface area (Å²) in [6, 6.07) is 3.77. The molecule has 0 aromatic carbocycles. The molecule has 102 valence electrons. The second kappa shape index (κ2) is 5.34. The van der Waals surface area contributed by atoms with Crippen LogP contribution in [0.25, 0.3) is 0 Å². The number of carbonyl (C=O) groups is 1. The average Bonchev–Trinajstić information content (AvgIpc) is 2.47. The van der Waals surface area contributed by atoms with Gasteiger partial charge in [-0.2, -0.15) is 0 Å². The standard InChI is InChI=1S/C14H14N4O2/c19-14(20)13-10-3-5-16-8-11(10)17-12(18-13)6-9-2-1-4-15-7-9/h1-2,4,7,16H,3,5-6,8H2,(H,19,20). The third-order valence-electron chi connectivity index (χ3n) is 3.27. The quantitative estimate of drug-likeness (QED) is 0.858. The minimum absolute atomic E-state index is 0.135. The van der Waals surface area contributed by atoms with Crippen molar-refractivity contribution in [3.63, 3.8) is 0 Å². The molecule has 1 aliphatic rings. The van der Waals surface area contributed by atoms with Crippen LogP contribution in [0.2, 0.25) is 0 Å². The van der Waals surface area contributed by atoms with Gasteiger partial charge in [0.05, 0.1) is 5.69 Å². The number of carboxylic acids is 1. The number of rotatable bonds is 3. The maximum absolute atomic E-state index is 11.4. The van der Waals surface area contributed by atoms with Crippen LogP contribution in [0.3, 0.4) is 0 Å². The van der Waals surface area contributed by atoms with Gasteiger partial charge in [0.15, 0.2) is 5.69 Å². The molecule has 2 aromatic rings. The minimum Gasteiger partial charge on any atom is -0.477 e. The summed E-state index contributed by atoms with van der Waals surface area (Å²) in [5, 5.41) is 12.5. The lowest BCUT2D eigenvalue weighted by Crippen LogP contribution is -2.28. The van der Waals surface area contributed by atoms with Gasteiger partial charge in [-0.1, -0.05) is 6.07 Å². The first-order chi connectivity index (χ1) is 9.74. The molecule has 0 radical (unpaired) electrons. The van der Waals surface area contributed by atoms with Crippen molar-refractivity contribution < 1.29 is 9.90 Å². The van der Waals surface area contributed by atoms with Crippen LogP contribution in [-0.2, 0) is 19.4 Å². The molecule has 0 spiro atoms. The monoisotopic (exact) mass is 270 g/mol. The predicted octanol–water partition coefficient (Wildman–Crippen LogP) is 0.806. The molecule has 3 heterocycles. The van der Waals surface area contributed by atoms with Gasteiger partial charge in [-0.3, -0.25) is 4.98 Å². The second-order valence-corrected chi connectivity index (χ2v) is 4.68. The molecule has 2 aromatic heterocycles. The molecule has 0 atom stereocenters. The molecular weight excluding hydrogens is 256 g/mol. The highest BCUT2D eigenvalue weighted by atomic mass is 16.4. The molecule has 0 aliphatic carbocycles. The van der Waals surface area contributed by atoms with Crippen molar-refractivity contribution in [3.05, 3.63) is 52.9 Å². The van der Waals surface area contributed by atoms with Gasteiger partial charge in [-0.25, -0.2) is 14.8 Å². The van der Waals surface area contributed by atoms with Gasteiger partial charge in [0.25, 0.3) is 0 Å². The summed E-state index contributed by atoms with van der Waals surface area (Å²) in [5.74, 6) is -0.462. The third-order valence-corrected chi connectivity index (χ3v) is 3.27. The molecule has 0 saturated heterocycles. The molecular formula is C14H14N4O2. The Labute approximate surface area is 115 Å². The Morgan fingerprint density at radius 2 is 2.30 bits per heavy atom. The lowest BCUT2D eigenvalue weighted by atomic mass is 10.0. The number of carboxylic acid groups (broad SMARTS) is 1. The number of fused-ring (bicyclic) bond motifs is 1. The van der Waals surface area contributed by atoms with E-state index in [1.165, 1.54) is 0 Å². The highest BCUT2D eigenvalue weighted by Crippen LogP contribution is 2.17. The first-order valence-corrected chi connectivity index (χ1v) is 6.45. The highest BCUT2D eigenvalue weighted by molar-refractivity contribution is 5.87. The Kier molecular flexibility index (Phi) is 3.39. The molecule has 0 unspecified atom stereocenters. The van der Waals surface area contributed by atoms with E-state index in [1.807, 2.05) is 12.1 Å². The van der Waals surface area contributed by atoms with Crippen LogP contribution >= 0.6 is 0 Å². The fraction of sp³-hybridized carbons (Fsp3) is 0.286. The zero-order chi connectivity index (χ0) is 13.9. The van der Waals surface area contributed by atoms with Crippen molar-refractivity contribution in [3.8, 4) is 0 Å². The van der Waals surface area contributed by atoms with E-state index < -0.39 is 5.97 Å². The summed E-state index contributed by atoms with van der Waals surface area (Å²) in [6.45, 7) is 1.36. The topological polar surface area (TPSA) is 88.0 Å². The Morgan fingerprint density at radius 1 is 1.40 bits per heavy atom. The van der Waals surface area contributed by atoms with Crippen LogP contribution in [0.4, 0.5) is 0 Å². The molecule has 6 heteroatoms. The lowest BCUT2D eigenvalue weighted by molar-refractivity contribution is 0.0688. The summed E-state index contributed by atoms with van der Waals surface area (Å²) in [4.78, 5) is 24.1. The minimum atomic E-state index is -0.988. The first kappa shape index (κ1) is 12.7. The molecule has 0 saturated carbocycles. The van der Waals surface area contributed by atoms with E-state index in [-0.39, 0.29) is 5.69 Å². The van der Waals surface area contributed by atoms with Crippen molar-refractivity contribution in [2.45, 2.75) is 19.4 Å². The molecule has 0 bridgehead atoms. The van der Waals surface area contributed by atoms with Gasteiger partial charge in [-0.05, 0) is 24.6 Å². The first-order valence-electron chi connectivity index (χ1n) is 6.45. The molecule has 3 rings (SSSR count). The number of pyridine rings is 1. The second-order valence-electron chi connectivity index (χ2n) is 4.68. The van der Waals surface area contributed by atoms with Crippen LogP contribution in [0.15, 0.2) is 24.5 Å². The molecule has 6 nitrogen and oxygen atoms in total. The summed E-state index contributed by atoms with van der Waals surface area (Å²) in [5.41, 5.74) is 2.65. The van der Waals surface area contributed by atoms with E-state index in [9.17, 15) is 9.90 Å². The van der Waals surface area contributed by atoms with Crippen molar-refractivity contribution >= 4 is 5.97 Å². The highest BCUT2D eigenvalue weighted by Gasteiger charge is 2.21. The molecule has 1 aliphatic heterocycles. The number of aromatic carboxylic acids is 1. The molecule has 20 heavy (non-hydrogen) atoms. The van der Waals surface area contributed by atoms with E-state index in [1.54, 1.807) is 12.4 Å². The lowest BCUT2D eigenvalue weighted by Gasteiger charge is -2.18. The summed E-state index contributed by atoms with van der Waals surface area (Å²) < 4.78 is 0. The molecule has 0 fully saturated rings. The van der Waals surface area contributed by atoms with E-state index in [0.29, 0.717) is 25.2 Å². The van der Waals surface area contributed by atoms with Crippen molar-refractivity contribution in [1.29, 1.82) is 0 Å². The maximum Gasteiger partial charge on any atom is 0.354 e. The van der Waals surface area contributed by atoms with Gasteiger partial charge >= 0.3 is 5.97 Å². The largest absolute Gasteiger partial charge is 0.477 e. The average molecular weight is 270 g/mol. The van der Waals surface area contributed by atoms with Gasteiger partial charge in [-0.15, -0.1) is 0 Å². The SMILES string of the molecule is O=C(O)c1nc(Cc2cccnc2)nc2c1CCNC2. The fourth-order valence-corrected chi connectivity index (χ4v) is 2.35. The Morgan fingerprint density at radius 3 is 3.05 bits per heavy atom. The molecule has 2 N–H and O–H groups in total. The predicted molar refractivity (Wildman–Crippen MR) is 71.4 cm³/mol. The summed E-state index contributed by atoms with van der Waals surface area (Å²) >= 11 is 0. The Bertz CT molecular complexity index is 643. The van der Waals surface area contributed by atoms with Gasteiger partial charge in [0.2, 0.25) is 0 Å². The van der Waals surface area contributed by atoms with Crippen LogP contribution < -0.4 is 5.32 Å². The normalized spacial score (nSPS) is 13.8. The van der Waals surface area contributed by atoms with Gasteiger partial charge < -0.3 is 10.4 Å². The van der Waals surface area contributed by atoms with Crippen LogP contribution in [0.5, 0.6) is 0 Å². The number of nitrogens with zero attached hydrogens (tertiary/aromatic N) is 3. The third kappa shape index (κ3) is 2.50. The van der Waals surface area contributed by atoms with E-state index >= 15 is 0 Å². The Balaban J connectivity index is 2.00. The fourth-order valence-electron chi connectivity index (χ4n) is 2.35. The van der Waals surface area contributed by atoms with Crippen LogP contribution in [0, 0.1) is 0 Å². The molecule has 0 amide bonds. The van der Waals surface area contributed by atoms with Crippen LogP contribution in [0.1, 0.15) is 33.1 Å². The summed E-state index contributed by atoms with van der Waals surface area (Å²) in [7, 11) is 0. The summed E-state index contributed by atoms with van der Waals surface area (Å²) in [6.07, 6.45) is 4.58. The van der Waals surface area contributed by atoms with E-state index in [2.05, 4.69) is 20.3 Å². The maximum atomic E-state index is 11.4. The van der Waals surface area contributed by atoms with Crippen molar-refractivity contribution in [2.24, 2.45) is 0 Å². The van der Waals surface area contributed by atoms with Gasteiger partial charge in [0.1, 0.15) is 5.82 Å². The number of hydrogen-bond donors (Lipinski definition) is 2. The van der Waals surface area contributed by atoms with Crippen molar-refractivity contribution in [2.75, 3.05) is 6.54 Å². The number of nitrogens with one attached hydrogen (secondary N) is 1. The van der Waals surface area contributed by atoms with E-state index in [4.69, 9.17) is 0 Å². The number of hydrogen-bond acceptors (Lipinski definition) is 5. The van der Waals surface area contributed by atoms with Crippen molar-refractivity contribution in [1.82, 2.24) is 20.3 Å². The zero-order valence-corrected chi connectivity index (χ0v) is 10.8. The smallest absolute Gasteiger partial charge is 0.354 e.